The lowest BCUT2D eigenvalue weighted by molar-refractivity contribution is -0.136. The van der Waals surface area contributed by atoms with Crippen molar-refractivity contribution in [2.75, 3.05) is 37.6 Å². The van der Waals surface area contributed by atoms with E-state index < -0.39 is 33.5 Å². The average Bonchev–Trinajstić information content (AvgIpc) is 3.14. The summed E-state index contributed by atoms with van der Waals surface area (Å²) < 4.78 is 54.0. The van der Waals surface area contributed by atoms with Crippen LogP contribution in [0.3, 0.4) is 0 Å². The second-order valence-corrected chi connectivity index (χ2v) is 10.1. The van der Waals surface area contributed by atoms with E-state index in [0.717, 1.165) is 12.1 Å². The first kappa shape index (κ1) is 22.6. The van der Waals surface area contributed by atoms with Gasteiger partial charge in [-0.3, -0.25) is 9.59 Å². The van der Waals surface area contributed by atoms with E-state index in [1.54, 1.807) is 12.1 Å². The monoisotopic (exact) mass is 483 g/mol. The van der Waals surface area contributed by atoms with Crippen molar-refractivity contribution in [3.8, 4) is 0 Å². The Hall–Kier alpha value is -2.56. The maximum atomic E-state index is 13.5. The number of carbonyl (C=O) groups is 2. The molecule has 2 fully saturated rings. The van der Waals surface area contributed by atoms with E-state index in [0.29, 0.717) is 11.1 Å². The van der Waals surface area contributed by atoms with Crippen molar-refractivity contribution in [2.24, 2.45) is 5.92 Å². The normalized spacial score (nSPS) is 20.1. The van der Waals surface area contributed by atoms with E-state index >= 15 is 0 Å². The summed E-state index contributed by atoms with van der Waals surface area (Å²) in [6.45, 7) is 0.595. The molecule has 2 aliphatic rings. The van der Waals surface area contributed by atoms with Gasteiger partial charge in [-0.25, -0.2) is 17.2 Å². The first-order chi connectivity index (χ1) is 15.1. The van der Waals surface area contributed by atoms with Gasteiger partial charge < -0.3 is 9.80 Å². The van der Waals surface area contributed by atoms with Crippen LogP contribution < -0.4 is 4.90 Å². The number of piperazine rings is 1. The molecule has 0 bridgehead atoms. The molecule has 0 N–H and O–H groups in total. The highest BCUT2D eigenvalue weighted by Crippen LogP contribution is 2.28. The first-order valence-corrected chi connectivity index (χ1v) is 11.8. The smallest absolute Gasteiger partial charge is 0.243 e. The Labute approximate surface area is 189 Å². The van der Waals surface area contributed by atoms with Crippen molar-refractivity contribution in [2.45, 2.75) is 11.3 Å². The summed E-state index contributed by atoms with van der Waals surface area (Å²) in [5.74, 6) is -2.95. The molecule has 0 radical (unpaired) electrons. The molecular weight excluding hydrogens is 464 g/mol. The van der Waals surface area contributed by atoms with Crippen LogP contribution in [0.5, 0.6) is 0 Å². The third-order valence-electron chi connectivity index (χ3n) is 5.62. The van der Waals surface area contributed by atoms with Crippen molar-refractivity contribution < 1.29 is 26.8 Å². The first-order valence-electron chi connectivity index (χ1n) is 9.96. The number of hydrogen-bond donors (Lipinski definition) is 0. The maximum Gasteiger partial charge on any atom is 0.243 e. The summed E-state index contributed by atoms with van der Waals surface area (Å²) in [4.78, 5) is 28.1. The molecular formula is C21H20ClF2N3O4S. The molecule has 2 aromatic rings. The van der Waals surface area contributed by atoms with E-state index in [-0.39, 0.29) is 55.6 Å². The molecule has 0 aliphatic carbocycles. The second-order valence-electron chi connectivity index (χ2n) is 7.72. The minimum absolute atomic E-state index is 0.0155. The zero-order valence-electron chi connectivity index (χ0n) is 16.9. The summed E-state index contributed by atoms with van der Waals surface area (Å²) in [7, 11) is -3.74. The largest absolute Gasteiger partial charge is 0.340 e. The van der Waals surface area contributed by atoms with Crippen molar-refractivity contribution >= 4 is 39.1 Å². The molecule has 7 nitrogen and oxygen atoms in total. The number of nitrogens with zero attached hydrogens (tertiary/aromatic N) is 3. The van der Waals surface area contributed by atoms with E-state index in [1.807, 2.05) is 0 Å². The van der Waals surface area contributed by atoms with E-state index in [9.17, 15) is 26.8 Å². The van der Waals surface area contributed by atoms with Gasteiger partial charge in [0.05, 0.1) is 10.8 Å². The van der Waals surface area contributed by atoms with Gasteiger partial charge >= 0.3 is 0 Å². The predicted molar refractivity (Wildman–Crippen MR) is 114 cm³/mol. The topological polar surface area (TPSA) is 78.0 Å². The summed E-state index contributed by atoms with van der Waals surface area (Å²) in [6.07, 6.45) is -0.0714. The Morgan fingerprint density at radius 2 is 1.66 bits per heavy atom. The summed E-state index contributed by atoms with van der Waals surface area (Å²) in [6, 6.07) is 8.79. The van der Waals surface area contributed by atoms with E-state index in [2.05, 4.69) is 0 Å². The quantitative estimate of drug-likeness (QED) is 0.669. The van der Waals surface area contributed by atoms with Crippen LogP contribution in [0, 0.1) is 17.6 Å². The lowest BCUT2D eigenvalue weighted by atomic mass is 10.1. The van der Waals surface area contributed by atoms with Crippen LogP contribution in [0.15, 0.2) is 47.4 Å². The number of halogens is 3. The zero-order chi connectivity index (χ0) is 23.0. The van der Waals surface area contributed by atoms with Crippen LogP contribution in [-0.4, -0.2) is 62.2 Å². The van der Waals surface area contributed by atoms with Gasteiger partial charge in [0.1, 0.15) is 11.6 Å². The number of benzene rings is 2. The molecule has 0 saturated carbocycles. The standard InChI is InChI=1S/C21H20ClF2N3O4S/c22-15-2-1-3-19(9-15)32(30,31)26-6-4-25(5-7-26)21(29)14-8-20(28)27(13-14)18-11-16(23)10-17(24)12-18/h1-3,9-12,14H,4-8,13H2. The molecule has 170 valence electrons. The highest BCUT2D eigenvalue weighted by atomic mass is 35.5. The molecule has 1 unspecified atom stereocenters. The number of sulfonamides is 1. The lowest BCUT2D eigenvalue weighted by Crippen LogP contribution is -2.52. The molecule has 2 amide bonds. The fourth-order valence-corrected chi connectivity index (χ4v) is 5.72. The molecule has 0 aromatic heterocycles. The maximum absolute atomic E-state index is 13.5. The van der Waals surface area contributed by atoms with Crippen LogP contribution in [0.1, 0.15) is 6.42 Å². The van der Waals surface area contributed by atoms with Crippen molar-refractivity contribution in [3.05, 3.63) is 59.1 Å². The van der Waals surface area contributed by atoms with Crippen molar-refractivity contribution in [1.82, 2.24) is 9.21 Å². The Morgan fingerprint density at radius 3 is 2.28 bits per heavy atom. The summed E-state index contributed by atoms with van der Waals surface area (Å²) in [5.41, 5.74) is 0.0697. The number of anilines is 1. The number of hydrogen-bond acceptors (Lipinski definition) is 4. The van der Waals surface area contributed by atoms with Crippen LogP contribution >= 0.6 is 11.6 Å². The second kappa shape index (κ2) is 8.76. The van der Waals surface area contributed by atoms with Gasteiger partial charge in [0.15, 0.2) is 0 Å². The van der Waals surface area contributed by atoms with Crippen molar-refractivity contribution in [3.63, 3.8) is 0 Å². The third-order valence-corrected chi connectivity index (χ3v) is 7.75. The van der Waals surface area contributed by atoms with Gasteiger partial charge in [0.25, 0.3) is 0 Å². The number of amides is 2. The van der Waals surface area contributed by atoms with Crippen LogP contribution in [0.25, 0.3) is 0 Å². The average molecular weight is 484 g/mol. The summed E-state index contributed by atoms with van der Waals surface area (Å²) in [5, 5.41) is 0.313. The zero-order valence-corrected chi connectivity index (χ0v) is 18.5. The van der Waals surface area contributed by atoms with Crippen LogP contribution in [-0.2, 0) is 19.6 Å². The highest BCUT2D eigenvalue weighted by Gasteiger charge is 2.39. The fraction of sp³-hybridized carbons (Fsp3) is 0.333. The van der Waals surface area contributed by atoms with E-state index in [4.69, 9.17) is 11.6 Å². The van der Waals surface area contributed by atoms with E-state index in [1.165, 1.54) is 26.2 Å². The molecule has 32 heavy (non-hydrogen) atoms. The minimum Gasteiger partial charge on any atom is -0.340 e. The third kappa shape index (κ3) is 4.48. The molecule has 0 spiro atoms. The number of carbonyl (C=O) groups excluding carboxylic acids is 2. The minimum atomic E-state index is -3.74. The van der Waals surface area contributed by atoms with Crippen molar-refractivity contribution in [1.29, 1.82) is 0 Å². The van der Waals surface area contributed by atoms with Gasteiger partial charge in [-0.2, -0.15) is 4.31 Å². The van der Waals surface area contributed by atoms with Gasteiger partial charge in [0.2, 0.25) is 21.8 Å². The lowest BCUT2D eigenvalue weighted by Gasteiger charge is -2.35. The molecule has 1 atom stereocenters. The summed E-state index contributed by atoms with van der Waals surface area (Å²) >= 11 is 5.90. The van der Waals surface area contributed by atoms with Gasteiger partial charge in [-0.05, 0) is 30.3 Å². The molecule has 2 heterocycles. The molecule has 2 aliphatic heterocycles. The predicted octanol–water partition coefficient (Wildman–Crippen LogP) is 2.50. The van der Waals surface area contributed by atoms with Crippen LogP contribution in [0.4, 0.5) is 14.5 Å². The molecule has 4 rings (SSSR count). The number of rotatable bonds is 4. The Morgan fingerprint density at radius 1 is 1.00 bits per heavy atom. The highest BCUT2D eigenvalue weighted by molar-refractivity contribution is 7.89. The fourth-order valence-electron chi connectivity index (χ4n) is 4.00. The molecule has 11 heteroatoms. The van der Waals surface area contributed by atoms with Gasteiger partial charge in [0, 0.05) is 55.9 Å². The van der Waals surface area contributed by atoms with Gasteiger partial charge in [-0.15, -0.1) is 0 Å². The Kier molecular flexibility index (Phi) is 6.19. The molecule has 2 aromatic carbocycles. The van der Waals surface area contributed by atoms with Gasteiger partial charge in [-0.1, -0.05) is 17.7 Å². The molecule has 2 saturated heterocycles. The van der Waals surface area contributed by atoms with Crippen LogP contribution in [0.2, 0.25) is 5.02 Å². The Balaban J connectivity index is 1.40. The SMILES string of the molecule is O=C(C1CC(=O)N(c2cc(F)cc(F)c2)C1)N1CCN(S(=O)(=O)c2cccc(Cl)c2)CC1. The Bertz CT molecular complexity index is 1150.